The van der Waals surface area contributed by atoms with E-state index in [0.717, 1.165) is 17.9 Å². The molecule has 15 heavy (non-hydrogen) atoms. The van der Waals surface area contributed by atoms with Gasteiger partial charge in [0.15, 0.2) is 0 Å². The summed E-state index contributed by atoms with van der Waals surface area (Å²) < 4.78 is 0. The Kier molecular flexibility index (Phi) is 3.87. The molecule has 2 rings (SSSR count). The fraction of sp³-hybridized carbons (Fsp3) is 0.636. The summed E-state index contributed by atoms with van der Waals surface area (Å²) in [5.74, 6) is 0.656. The van der Waals surface area contributed by atoms with E-state index in [1.807, 2.05) is 6.20 Å². The molecular weight excluding hydrogens is 228 g/mol. The van der Waals surface area contributed by atoms with Crippen LogP contribution in [0.3, 0.4) is 0 Å². The minimum absolute atomic E-state index is 0.405. The van der Waals surface area contributed by atoms with E-state index in [2.05, 4.69) is 16.9 Å². The third-order valence-corrected chi connectivity index (χ3v) is 4.18. The molecule has 0 saturated heterocycles. The highest BCUT2D eigenvalue weighted by atomic mass is 35.5. The van der Waals surface area contributed by atoms with Gasteiger partial charge in [0.2, 0.25) is 0 Å². The van der Waals surface area contributed by atoms with Gasteiger partial charge in [-0.1, -0.05) is 6.92 Å². The number of nitrogens with zero attached hydrogens (tertiary/aromatic N) is 2. The predicted molar refractivity (Wildman–Crippen MR) is 64.7 cm³/mol. The van der Waals surface area contributed by atoms with Crippen LogP contribution in [-0.4, -0.2) is 21.1 Å². The first-order valence-electron chi connectivity index (χ1n) is 5.37. The van der Waals surface area contributed by atoms with Crippen LogP contribution < -0.4 is 0 Å². The first kappa shape index (κ1) is 11.2. The second-order valence-corrected chi connectivity index (χ2v) is 5.66. The maximum Gasteiger partial charge on any atom is 0.115 e. The Morgan fingerprint density at radius 1 is 1.40 bits per heavy atom. The summed E-state index contributed by atoms with van der Waals surface area (Å²) in [5, 5.41) is 1.42. The zero-order valence-corrected chi connectivity index (χ0v) is 10.4. The van der Waals surface area contributed by atoms with Gasteiger partial charge in [-0.05, 0) is 25.7 Å². The van der Waals surface area contributed by atoms with Crippen molar-refractivity contribution < 1.29 is 0 Å². The fourth-order valence-corrected chi connectivity index (χ4v) is 2.66. The van der Waals surface area contributed by atoms with Crippen LogP contribution in [0.2, 0.25) is 0 Å². The van der Waals surface area contributed by atoms with Gasteiger partial charge in [-0.2, -0.15) is 0 Å². The Balaban J connectivity index is 2.13. The molecule has 2 nitrogen and oxygen atoms in total. The summed E-state index contributed by atoms with van der Waals surface area (Å²) in [6.07, 6.45) is 6.58. The molecule has 0 saturated carbocycles. The van der Waals surface area contributed by atoms with Crippen LogP contribution in [0, 0.1) is 0 Å². The molecular formula is C11H15ClN2S. The first-order chi connectivity index (χ1) is 7.29. The summed E-state index contributed by atoms with van der Waals surface area (Å²) in [4.78, 5) is 9.12. The lowest BCUT2D eigenvalue weighted by atomic mass is 10.0. The Morgan fingerprint density at radius 3 is 2.87 bits per heavy atom. The first-order valence-corrected chi connectivity index (χ1v) is 6.78. The van der Waals surface area contributed by atoms with Gasteiger partial charge in [-0.25, -0.2) is 4.98 Å². The molecule has 0 radical (unpaired) electrons. The highest BCUT2D eigenvalue weighted by molar-refractivity contribution is 7.99. The number of thioether (sulfide) groups is 1. The third-order valence-electron chi connectivity index (χ3n) is 2.53. The number of fused-ring (bicyclic) bond motifs is 1. The molecule has 0 bridgehead atoms. The van der Waals surface area contributed by atoms with Gasteiger partial charge in [-0.15, -0.1) is 23.4 Å². The van der Waals surface area contributed by atoms with Crippen molar-refractivity contribution in [2.24, 2.45) is 0 Å². The van der Waals surface area contributed by atoms with Crippen molar-refractivity contribution in [1.29, 1.82) is 0 Å². The predicted octanol–water partition coefficient (Wildman–Crippen LogP) is 3.07. The number of aromatic nitrogens is 2. The zero-order chi connectivity index (χ0) is 10.7. The fourth-order valence-electron chi connectivity index (χ4n) is 1.72. The number of aryl methyl sites for hydroxylation is 2. The maximum atomic E-state index is 5.78. The lowest BCUT2D eigenvalue weighted by Crippen LogP contribution is -2.09. The molecule has 0 spiro atoms. The van der Waals surface area contributed by atoms with Gasteiger partial charge in [0.05, 0.1) is 17.6 Å². The van der Waals surface area contributed by atoms with Gasteiger partial charge in [0.25, 0.3) is 0 Å². The van der Waals surface area contributed by atoms with Crippen molar-refractivity contribution in [3.8, 4) is 0 Å². The number of alkyl halides is 1. The van der Waals surface area contributed by atoms with Gasteiger partial charge < -0.3 is 0 Å². The van der Waals surface area contributed by atoms with Crippen molar-refractivity contribution in [3.63, 3.8) is 0 Å². The van der Waals surface area contributed by atoms with E-state index in [-0.39, 0.29) is 0 Å². The molecule has 1 aliphatic rings. The minimum Gasteiger partial charge on any atom is -0.257 e. The molecule has 0 amide bonds. The third kappa shape index (κ3) is 2.85. The van der Waals surface area contributed by atoms with Gasteiger partial charge in [0.1, 0.15) is 5.03 Å². The van der Waals surface area contributed by atoms with Crippen molar-refractivity contribution in [3.05, 3.63) is 17.6 Å². The van der Waals surface area contributed by atoms with E-state index in [0.29, 0.717) is 11.1 Å². The molecule has 1 aromatic rings. The smallest absolute Gasteiger partial charge is 0.115 e. The van der Waals surface area contributed by atoms with E-state index in [9.17, 15) is 0 Å². The Labute approximate surface area is 99.8 Å². The summed E-state index contributed by atoms with van der Waals surface area (Å²) in [6.45, 7) is 2.11. The second-order valence-electron chi connectivity index (χ2n) is 3.89. The summed E-state index contributed by atoms with van der Waals surface area (Å²) >= 11 is 7.49. The average Bonchev–Trinajstić information content (AvgIpc) is 2.29. The van der Waals surface area contributed by atoms with Crippen LogP contribution in [0.15, 0.2) is 11.2 Å². The van der Waals surface area contributed by atoms with E-state index in [4.69, 9.17) is 11.6 Å². The highest BCUT2D eigenvalue weighted by Gasteiger charge is 2.13. The molecule has 1 aliphatic carbocycles. The van der Waals surface area contributed by atoms with Crippen molar-refractivity contribution in [1.82, 2.24) is 9.97 Å². The Bertz CT molecular complexity index is 343. The van der Waals surface area contributed by atoms with E-state index < -0.39 is 0 Å². The molecule has 0 aliphatic heterocycles. The molecule has 1 atom stereocenters. The molecule has 1 heterocycles. The summed E-state index contributed by atoms with van der Waals surface area (Å²) in [6, 6.07) is 0. The molecule has 0 aromatic carbocycles. The van der Waals surface area contributed by atoms with Crippen LogP contribution in [0.5, 0.6) is 0 Å². The van der Waals surface area contributed by atoms with Gasteiger partial charge in [0, 0.05) is 11.1 Å². The SMILES string of the molecule is CC(CCl)Sc1cnc2c(n1)CCCC2. The maximum absolute atomic E-state index is 5.78. The number of halogens is 1. The number of hydrogen-bond acceptors (Lipinski definition) is 3. The monoisotopic (exact) mass is 242 g/mol. The largest absolute Gasteiger partial charge is 0.257 e. The number of rotatable bonds is 3. The molecule has 1 unspecified atom stereocenters. The standard InChI is InChI=1S/C11H15ClN2S/c1-8(6-12)15-11-7-13-9-4-2-3-5-10(9)14-11/h7-8H,2-6H2,1H3. The summed E-state index contributed by atoms with van der Waals surface area (Å²) in [5.41, 5.74) is 2.40. The lowest BCUT2D eigenvalue weighted by molar-refractivity contribution is 0.639. The molecule has 0 fully saturated rings. The zero-order valence-electron chi connectivity index (χ0n) is 8.87. The molecule has 0 N–H and O–H groups in total. The minimum atomic E-state index is 0.405. The highest BCUT2D eigenvalue weighted by Crippen LogP contribution is 2.24. The topological polar surface area (TPSA) is 25.8 Å². The lowest BCUT2D eigenvalue weighted by Gasteiger charge is -2.14. The van der Waals surface area contributed by atoms with E-state index in [1.165, 1.54) is 24.2 Å². The second kappa shape index (κ2) is 5.17. The average molecular weight is 243 g/mol. The summed E-state index contributed by atoms with van der Waals surface area (Å²) in [7, 11) is 0. The Hall–Kier alpha value is -0.280. The van der Waals surface area contributed by atoms with Crippen LogP contribution >= 0.6 is 23.4 Å². The Morgan fingerprint density at radius 2 is 2.13 bits per heavy atom. The van der Waals surface area contributed by atoms with Crippen LogP contribution in [0.1, 0.15) is 31.2 Å². The van der Waals surface area contributed by atoms with Gasteiger partial charge >= 0.3 is 0 Å². The quantitative estimate of drug-likeness (QED) is 0.602. The van der Waals surface area contributed by atoms with Crippen molar-refractivity contribution in [2.75, 3.05) is 5.88 Å². The number of hydrogen-bond donors (Lipinski definition) is 0. The van der Waals surface area contributed by atoms with Crippen LogP contribution in [-0.2, 0) is 12.8 Å². The van der Waals surface area contributed by atoms with Crippen LogP contribution in [0.4, 0.5) is 0 Å². The van der Waals surface area contributed by atoms with Crippen molar-refractivity contribution >= 4 is 23.4 Å². The normalized spacial score (nSPS) is 17.2. The van der Waals surface area contributed by atoms with E-state index in [1.54, 1.807) is 11.8 Å². The van der Waals surface area contributed by atoms with Crippen molar-refractivity contribution in [2.45, 2.75) is 42.9 Å². The molecule has 82 valence electrons. The van der Waals surface area contributed by atoms with Gasteiger partial charge in [-0.3, -0.25) is 4.98 Å². The molecule has 4 heteroatoms. The van der Waals surface area contributed by atoms with E-state index >= 15 is 0 Å². The van der Waals surface area contributed by atoms with Crippen LogP contribution in [0.25, 0.3) is 0 Å². The molecule has 1 aromatic heterocycles.